The first kappa shape index (κ1) is 18.1. The van der Waals surface area contributed by atoms with E-state index in [4.69, 9.17) is 5.26 Å². The number of rotatable bonds is 2. The molecule has 4 rings (SSSR count). The summed E-state index contributed by atoms with van der Waals surface area (Å²) in [6, 6.07) is 6.93. The topological polar surface area (TPSA) is 23.8 Å². The predicted octanol–water partition coefficient (Wildman–Crippen LogP) is 6.50. The van der Waals surface area contributed by atoms with Gasteiger partial charge in [-0.15, -0.1) is 0 Å². The van der Waals surface area contributed by atoms with Crippen molar-refractivity contribution in [1.29, 1.82) is 5.26 Å². The Morgan fingerprint density at radius 1 is 1.07 bits per heavy atom. The van der Waals surface area contributed by atoms with E-state index in [0.29, 0.717) is 17.9 Å². The van der Waals surface area contributed by atoms with E-state index in [2.05, 4.69) is 6.92 Å². The molecule has 0 saturated heterocycles. The van der Waals surface area contributed by atoms with Gasteiger partial charge in [0.25, 0.3) is 0 Å². The zero-order chi connectivity index (χ0) is 19.1. The molecule has 1 nitrogen and oxygen atoms in total. The highest BCUT2D eigenvalue weighted by atomic mass is 19.1. The first-order valence-corrected chi connectivity index (χ1v) is 9.74. The fraction of sp³-hybridized carbons (Fsp3) is 0.435. The minimum atomic E-state index is -0.760. The van der Waals surface area contributed by atoms with Gasteiger partial charge in [-0.3, -0.25) is 0 Å². The number of halogens is 3. The lowest BCUT2D eigenvalue weighted by Gasteiger charge is -2.40. The molecule has 140 valence electrons. The van der Waals surface area contributed by atoms with E-state index < -0.39 is 17.5 Å². The summed E-state index contributed by atoms with van der Waals surface area (Å²) < 4.78 is 44.2. The molecular weight excluding hydrogens is 347 g/mol. The molecule has 0 bridgehead atoms. The Morgan fingerprint density at radius 2 is 1.89 bits per heavy atom. The van der Waals surface area contributed by atoms with Crippen molar-refractivity contribution in [1.82, 2.24) is 0 Å². The maximum atomic E-state index is 15.3. The van der Waals surface area contributed by atoms with Gasteiger partial charge in [-0.25, -0.2) is 13.2 Å². The standard InChI is InChI=1S/C23H22F3N/c1-2-13-3-7-17-14(9-13)6-8-18-19(17)11-21(25)22(23(18)26)15-4-5-16(12-27)20(24)10-15/h4-5,10-11,13-14,17H,2-3,6-9H2,1H3/t13-,14+,17+/m1/s1. The molecule has 1 fully saturated rings. The van der Waals surface area contributed by atoms with Crippen LogP contribution in [0.3, 0.4) is 0 Å². The molecule has 1 saturated carbocycles. The average Bonchev–Trinajstić information content (AvgIpc) is 2.67. The molecule has 0 aliphatic heterocycles. The number of nitriles is 1. The normalized spacial score (nSPS) is 24.0. The molecule has 2 aliphatic carbocycles. The van der Waals surface area contributed by atoms with Crippen LogP contribution in [0.15, 0.2) is 24.3 Å². The molecule has 0 aromatic heterocycles. The van der Waals surface area contributed by atoms with Gasteiger partial charge in [-0.2, -0.15) is 5.26 Å². The Labute approximate surface area is 157 Å². The van der Waals surface area contributed by atoms with Gasteiger partial charge in [0.1, 0.15) is 23.5 Å². The second-order valence-corrected chi connectivity index (χ2v) is 7.91. The van der Waals surface area contributed by atoms with Crippen molar-refractivity contribution >= 4 is 0 Å². The lowest BCUT2D eigenvalue weighted by atomic mass is 9.64. The third-order valence-electron chi connectivity index (χ3n) is 6.57. The Kier molecular flexibility index (Phi) is 4.72. The Hall–Kier alpha value is -2.28. The quantitative estimate of drug-likeness (QED) is 0.593. The fourth-order valence-corrected chi connectivity index (χ4v) is 5.08. The summed E-state index contributed by atoms with van der Waals surface area (Å²) in [5.41, 5.74) is 1.23. The molecule has 2 aromatic carbocycles. The highest BCUT2D eigenvalue weighted by Crippen LogP contribution is 2.49. The van der Waals surface area contributed by atoms with Gasteiger partial charge in [0.2, 0.25) is 0 Å². The average molecular weight is 369 g/mol. The van der Waals surface area contributed by atoms with E-state index in [9.17, 15) is 8.78 Å². The maximum absolute atomic E-state index is 15.3. The van der Waals surface area contributed by atoms with Crippen LogP contribution in [0, 0.1) is 40.6 Å². The van der Waals surface area contributed by atoms with Crippen molar-refractivity contribution < 1.29 is 13.2 Å². The van der Waals surface area contributed by atoms with Crippen molar-refractivity contribution in [2.45, 2.75) is 51.4 Å². The van der Waals surface area contributed by atoms with Crippen LogP contribution in [-0.2, 0) is 6.42 Å². The fourth-order valence-electron chi connectivity index (χ4n) is 5.08. The van der Waals surface area contributed by atoms with E-state index in [1.54, 1.807) is 6.07 Å². The second kappa shape index (κ2) is 7.03. The first-order chi connectivity index (χ1) is 13.0. The van der Waals surface area contributed by atoms with Crippen molar-refractivity contribution in [3.63, 3.8) is 0 Å². The minimum absolute atomic E-state index is 0.131. The zero-order valence-electron chi connectivity index (χ0n) is 15.4. The SMILES string of the molecule is CC[C@@H]1CC[C@@H]2c3cc(F)c(-c4ccc(C#N)c(F)c4)c(F)c3CC[C@H]2C1. The molecule has 0 unspecified atom stereocenters. The van der Waals surface area contributed by atoms with Gasteiger partial charge in [-0.1, -0.05) is 19.4 Å². The van der Waals surface area contributed by atoms with Crippen LogP contribution in [0.25, 0.3) is 11.1 Å². The van der Waals surface area contributed by atoms with E-state index >= 15 is 4.39 Å². The van der Waals surface area contributed by atoms with Crippen LogP contribution in [0.5, 0.6) is 0 Å². The van der Waals surface area contributed by atoms with E-state index in [1.165, 1.54) is 24.6 Å². The molecule has 0 spiro atoms. The number of hydrogen-bond donors (Lipinski definition) is 0. The number of hydrogen-bond acceptors (Lipinski definition) is 1. The van der Waals surface area contributed by atoms with E-state index in [1.807, 2.05) is 0 Å². The summed E-state index contributed by atoms with van der Waals surface area (Å²) in [6.45, 7) is 2.21. The lowest BCUT2D eigenvalue weighted by Crippen LogP contribution is -2.28. The van der Waals surface area contributed by atoms with Crippen LogP contribution in [0.2, 0.25) is 0 Å². The van der Waals surface area contributed by atoms with Gasteiger partial charge in [-0.05, 0) is 84.7 Å². The zero-order valence-corrected chi connectivity index (χ0v) is 15.4. The molecule has 27 heavy (non-hydrogen) atoms. The molecule has 3 atom stereocenters. The second-order valence-electron chi connectivity index (χ2n) is 7.91. The predicted molar refractivity (Wildman–Crippen MR) is 98.7 cm³/mol. The molecular formula is C23H22F3N. The van der Waals surface area contributed by atoms with Gasteiger partial charge in [0.05, 0.1) is 11.1 Å². The van der Waals surface area contributed by atoms with Crippen LogP contribution < -0.4 is 0 Å². The first-order valence-electron chi connectivity index (χ1n) is 9.74. The van der Waals surface area contributed by atoms with Crippen molar-refractivity contribution in [3.05, 3.63) is 58.4 Å². The van der Waals surface area contributed by atoms with Crippen LogP contribution in [0.4, 0.5) is 13.2 Å². The smallest absolute Gasteiger partial charge is 0.141 e. The van der Waals surface area contributed by atoms with Gasteiger partial charge >= 0.3 is 0 Å². The number of benzene rings is 2. The summed E-state index contributed by atoms with van der Waals surface area (Å²) in [5, 5.41) is 8.86. The molecule has 0 heterocycles. The van der Waals surface area contributed by atoms with Crippen molar-refractivity contribution in [3.8, 4) is 17.2 Å². The Morgan fingerprint density at radius 3 is 2.59 bits per heavy atom. The third-order valence-corrected chi connectivity index (χ3v) is 6.57. The maximum Gasteiger partial charge on any atom is 0.141 e. The minimum Gasteiger partial charge on any atom is -0.206 e. The summed E-state index contributed by atoms with van der Waals surface area (Å²) in [5.74, 6) is -0.507. The highest BCUT2D eigenvalue weighted by Gasteiger charge is 2.37. The van der Waals surface area contributed by atoms with Crippen LogP contribution in [-0.4, -0.2) is 0 Å². The summed E-state index contributed by atoms with van der Waals surface area (Å²) >= 11 is 0. The molecule has 4 heteroatoms. The lowest BCUT2D eigenvalue weighted by molar-refractivity contribution is 0.204. The molecule has 2 aliphatic rings. The van der Waals surface area contributed by atoms with Gasteiger partial charge in [0.15, 0.2) is 0 Å². The van der Waals surface area contributed by atoms with Crippen LogP contribution >= 0.6 is 0 Å². The summed E-state index contributed by atoms with van der Waals surface area (Å²) in [7, 11) is 0. The number of nitrogens with zero attached hydrogens (tertiary/aromatic N) is 1. The highest BCUT2D eigenvalue weighted by molar-refractivity contribution is 5.68. The third kappa shape index (κ3) is 3.04. The van der Waals surface area contributed by atoms with E-state index in [-0.39, 0.29) is 22.6 Å². The molecule has 0 radical (unpaired) electrons. The Balaban J connectivity index is 1.76. The summed E-state index contributed by atoms with van der Waals surface area (Å²) in [6.07, 6.45) is 5.94. The summed E-state index contributed by atoms with van der Waals surface area (Å²) in [4.78, 5) is 0. The Bertz CT molecular complexity index is 928. The largest absolute Gasteiger partial charge is 0.206 e. The monoisotopic (exact) mass is 369 g/mol. The van der Waals surface area contributed by atoms with Crippen molar-refractivity contribution in [2.24, 2.45) is 11.8 Å². The van der Waals surface area contributed by atoms with Gasteiger partial charge < -0.3 is 0 Å². The van der Waals surface area contributed by atoms with Crippen LogP contribution in [0.1, 0.15) is 61.6 Å². The molecule has 2 aromatic rings. The van der Waals surface area contributed by atoms with Gasteiger partial charge in [0, 0.05) is 0 Å². The van der Waals surface area contributed by atoms with Crippen molar-refractivity contribution in [2.75, 3.05) is 0 Å². The number of fused-ring (bicyclic) bond motifs is 3. The van der Waals surface area contributed by atoms with E-state index in [0.717, 1.165) is 43.2 Å². The molecule has 0 amide bonds. The molecule has 0 N–H and O–H groups in total.